The summed E-state index contributed by atoms with van der Waals surface area (Å²) in [6.07, 6.45) is -0.801. The lowest BCUT2D eigenvalue weighted by Gasteiger charge is -2.29. The molecule has 2 rings (SSSR count). The number of ether oxygens (including phenoxy) is 1. The van der Waals surface area contributed by atoms with Gasteiger partial charge < -0.3 is 15.0 Å². The van der Waals surface area contributed by atoms with Gasteiger partial charge in [-0.1, -0.05) is 0 Å². The van der Waals surface area contributed by atoms with Gasteiger partial charge in [-0.2, -0.15) is 0 Å². The van der Waals surface area contributed by atoms with Crippen LogP contribution in [0.4, 0.5) is 9.59 Å². The van der Waals surface area contributed by atoms with E-state index in [1.54, 1.807) is 20.8 Å². The molecule has 0 bridgehead atoms. The lowest BCUT2D eigenvalue weighted by Crippen LogP contribution is -2.51. The normalized spacial score (nSPS) is 28.1. The number of carbonyl (C=O) groups excluding carboxylic acids is 4. The summed E-state index contributed by atoms with van der Waals surface area (Å²) >= 11 is 0. The number of likely N-dealkylation sites (tertiary alicyclic amines) is 1. The van der Waals surface area contributed by atoms with Crippen molar-refractivity contribution in [2.45, 2.75) is 44.5 Å². The number of amides is 5. The molecule has 2 atom stereocenters. The summed E-state index contributed by atoms with van der Waals surface area (Å²) < 4.78 is 5.29. The monoisotopic (exact) mass is 312 g/mol. The van der Waals surface area contributed by atoms with E-state index in [2.05, 4.69) is 10.6 Å². The van der Waals surface area contributed by atoms with Crippen molar-refractivity contribution in [3.05, 3.63) is 0 Å². The Kier molecular flexibility index (Phi) is 3.76. The van der Waals surface area contributed by atoms with E-state index >= 15 is 0 Å². The first kappa shape index (κ1) is 16.1. The molecule has 2 heterocycles. The van der Waals surface area contributed by atoms with E-state index in [4.69, 9.17) is 4.74 Å². The Morgan fingerprint density at radius 1 is 1.45 bits per heavy atom. The van der Waals surface area contributed by atoms with Gasteiger partial charge in [0, 0.05) is 13.5 Å². The van der Waals surface area contributed by atoms with Crippen LogP contribution in [0.2, 0.25) is 0 Å². The molecule has 0 aromatic rings. The molecule has 1 unspecified atom stereocenters. The molecular weight excluding hydrogens is 292 g/mol. The predicted octanol–water partition coefficient (Wildman–Crippen LogP) is -0.380. The minimum Gasteiger partial charge on any atom is -0.444 e. The largest absolute Gasteiger partial charge is 0.444 e. The first-order valence-electron chi connectivity index (χ1n) is 6.89. The predicted molar refractivity (Wildman–Crippen MR) is 74.6 cm³/mol. The van der Waals surface area contributed by atoms with Gasteiger partial charge in [0.1, 0.15) is 17.3 Å². The average molecular weight is 312 g/mol. The second-order valence-corrected chi connectivity index (χ2v) is 6.46. The van der Waals surface area contributed by atoms with Gasteiger partial charge in [-0.3, -0.25) is 19.8 Å². The molecule has 0 aliphatic carbocycles. The maximum absolute atomic E-state index is 12.3. The lowest BCUT2D eigenvalue weighted by atomic mass is 9.97. The van der Waals surface area contributed by atoms with E-state index in [1.165, 1.54) is 16.8 Å². The molecule has 0 aromatic carbocycles. The highest BCUT2D eigenvalue weighted by Crippen LogP contribution is 2.34. The molecule has 2 saturated heterocycles. The molecular formula is C13H20N4O5. The van der Waals surface area contributed by atoms with Crippen LogP contribution in [0.5, 0.6) is 0 Å². The molecule has 2 aliphatic rings. The number of hydrogen-bond donors (Lipinski definition) is 2. The zero-order valence-corrected chi connectivity index (χ0v) is 13.0. The average Bonchev–Trinajstić information content (AvgIpc) is 2.85. The standard InChI is InChI=1S/C13H20N4O5/c1-12(2,3)22-11(21)17-6-13(5-8(17)14-7-18)9(19)15-10(20)16(13)4/h7-8H,5-6H2,1-4H3,(H,14,18)(H,15,19,20)/t8-,13?/m0/s1. The van der Waals surface area contributed by atoms with Gasteiger partial charge in [0.15, 0.2) is 0 Å². The molecule has 2 fully saturated rings. The van der Waals surface area contributed by atoms with E-state index in [9.17, 15) is 19.2 Å². The van der Waals surface area contributed by atoms with Crippen molar-refractivity contribution in [3.63, 3.8) is 0 Å². The van der Waals surface area contributed by atoms with E-state index < -0.39 is 35.3 Å². The number of likely N-dealkylation sites (N-methyl/N-ethyl adjacent to an activating group) is 1. The number of urea groups is 1. The van der Waals surface area contributed by atoms with Gasteiger partial charge in [0.25, 0.3) is 5.91 Å². The highest BCUT2D eigenvalue weighted by atomic mass is 16.6. The van der Waals surface area contributed by atoms with Crippen LogP contribution in [-0.4, -0.2) is 65.1 Å². The number of nitrogens with one attached hydrogen (secondary N) is 2. The van der Waals surface area contributed by atoms with E-state index in [0.29, 0.717) is 6.41 Å². The summed E-state index contributed by atoms with van der Waals surface area (Å²) in [5, 5.41) is 4.72. The third kappa shape index (κ3) is 2.58. The number of hydrogen-bond acceptors (Lipinski definition) is 5. The van der Waals surface area contributed by atoms with Gasteiger partial charge in [-0.15, -0.1) is 0 Å². The molecule has 0 radical (unpaired) electrons. The lowest BCUT2D eigenvalue weighted by molar-refractivity contribution is -0.125. The third-order valence-electron chi connectivity index (χ3n) is 3.82. The van der Waals surface area contributed by atoms with Gasteiger partial charge >= 0.3 is 12.1 Å². The summed E-state index contributed by atoms with van der Waals surface area (Å²) in [5.74, 6) is -0.483. The molecule has 9 heteroatoms. The number of carbonyl (C=O) groups is 4. The van der Waals surface area contributed by atoms with Gasteiger partial charge in [-0.05, 0) is 20.8 Å². The Hall–Kier alpha value is -2.32. The smallest absolute Gasteiger partial charge is 0.412 e. The second-order valence-electron chi connectivity index (χ2n) is 6.46. The first-order valence-corrected chi connectivity index (χ1v) is 6.89. The summed E-state index contributed by atoms with van der Waals surface area (Å²) in [7, 11) is 1.48. The van der Waals surface area contributed by atoms with Crippen molar-refractivity contribution in [3.8, 4) is 0 Å². The zero-order chi connectivity index (χ0) is 16.7. The Bertz CT molecular complexity index is 529. The van der Waals surface area contributed by atoms with E-state index in [0.717, 1.165) is 0 Å². The van der Waals surface area contributed by atoms with E-state index in [-0.39, 0.29) is 13.0 Å². The number of rotatable bonds is 2. The summed E-state index contributed by atoms with van der Waals surface area (Å²) in [6.45, 7) is 5.12. The molecule has 22 heavy (non-hydrogen) atoms. The summed E-state index contributed by atoms with van der Waals surface area (Å²) in [4.78, 5) is 49.4. The van der Waals surface area contributed by atoms with Crippen LogP contribution in [0.3, 0.4) is 0 Å². The summed E-state index contributed by atoms with van der Waals surface area (Å²) in [5.41, 5.74) is -1.90. The molecule has 122 valence electrons. The number of nitrogens with zero attached hydrogens (tertiary/aromatic N) is 2. The SMILES string of the molecule is CN1C(=O)NC(=O)C12C[C@@H](NC=O)N(C(=O)OC(C)(C)C)C2. The van der Waals surface area contributed by atoms with Crippen molar-refractivity contribution in [2.24, 2.45) is 0 Å². The van der Waals surface area contributed by atoms with E-state index in [1.807, 2.05) is 0 Å². The van der Waals surface area contributed by atoms with Crippen molar-refractivity contribution < 1.29 is 23.9 Å². The minimum absolute atomic E-state index is 0.0402. The van der Waals surface area contributed by atoms with Gasteiger partial charge in [0.2, 0.25) is 6.41 Å². The maximum atomic E-state index is 12.3. The van der Waals surface area contributed by atoms with Crippen LogP contribution >= 0.6 is 0 Å². The fourth-order valence-electron chi connectivity index (χ4n) is 2.68. The molecule has 5 amide bonds. The Morgan fingerprint density at radius 3 is 2.55 bits per heavy atom. The van der Waals surface area contributed by atoms with Crippen LogP contribution in [0.15, 0.2) is 0 Å². The molecule has 2 aliphatic heterocycles. The Morgan fingerprint density at radius 2 is 2.09 bits per heavy atom. The first-order chi connectivity index (χ1) is 10.1. The van der Waals surface area contributed by atoms with Crippen LogP contribution in [0.1, 0.15) is 27.2 Å². The highest BCUT2D eigenvalue weighted by molar-refractivity contribution is 6.07. The number of imide groups is 1. The topological polar surface area (TPSA) is 108 Å². The molecule has 0 saturated carbocycles. The Labute approximate surface area is 127 Å². The molecule has 1 spiro atoms. The minimum atomic E-state index is -1.19. The van der Waals surface area contributed by atoms with Crippen molar-refractivity contribution in [2.75, 3.05) is 13.6 Å². The molecule has 2 N–H and O–H groups in total. The quantitative estimate of drug-likeness (QED) is 0.534. The molecule has 0 aromatic heterocycles. The Balaban J connectivity index is 2.27. The third-order valence-corrected chi connectivity index (χ3v) is 3.82. The van der Waals surface area contributed by atoms with Crippen LogP contribution in [0, 0.1) is 0 Å². The van der Waals surface area contributed by atoms with Crippen LogP contribution in [-0.2, 0) is 14.3 Å². The van der Waals surface area contributed by atoms with Crippen LogP contribution in [0.25, 0.3) is 0 Å². The van der Waals surface area contributed by atoms with Crippen molar-refractivity contribution in [1.82, 2.24) is 20.4 Å². The second kappa shape index (κ2) is 5.15. The highest BCUT2D eigenvalue weighted by Gasteiger charge is 2.59. The maximum Gasteiger partial charge on any atom is 0.412 e. The van der Waals surface area contributed by atoms with Gasteiger partial charge in [0.05, 0.1) is 6.54 Å². The van der Waals surface area contributed by atoms with Crippen molar-refractivity contribution >= 4 is 24.4 Å². The fraction of sp³-hybridized carbons (Fsp3) is 0.692. The van der Waals surface area contributed by atoms with Crippen molar-refractivity contribution in [1.29, 1.82) is 0 Å². The van der Waals surface area contributed by atoms with Gasteiger partial charge in [-0.25, -0.2) is 9.59 Å². The zero-order valence-electron chi connectivity index (χ0n) is 13.0. The summed E-state index contributed by atoms with van der Waals surface area (Å²) in [6, 6.07) is -0.527. The fourth-order valence-corrected chi connectivity index (χ4v) is 2.68. The van der Waals surface area contributed by atoms with Crippen LogP contribution < -0.4 is 10.6 Å². The molecule has 9 nitrogen and oxygen atoms in total.